The fourth-order valence-corrected chi connectivity index (χ4v) is 5.32. The van der Waals surface area contributed by atoms with Crippen molar-refractivity contribution in [3.63, 3.8) is 0 Å². The van der Waals surface area contributed by atoms with Crippen LogP contribution in [0.25, 0.3) is 0 Å². The molecule has 1 rings (SSSR count). The first kappa shape index (κ1) is 32.7. The van der Waals surface area contributed by atoms with Crippen LogP contribution in [0.2, 0.25) is 0 Å². The molecule has 1 aromatic rings. The highest BCUT2D eigenvalue weighted by Gasteiger charge is 2.20. The average molecular weight is 501 g/mol. The summed E-state index contributed by atoms with van der Waals surface area (Å²) >= 11 is 0. The van der Waals surface area contributed by atoms with Gasteiger partial charge in [-0.05, 0) is 43.7 Å². The lowest BCUT2D eigenvalue weighted by Crippen LogP contribution is -2.19. The molecule has 0 bridgehead atoms. The third-order valence-electron chi connectivity index (χ3n) is 7.90. The number of rotatable bonds is 24. The van der Waals surface area contributed by atoms with Crippen molar-refractivity contribution < 1.29 is 9.53 Å². The highest BCUT2D eigenvalue weighted by Crippen LogP contribution is 2.24. The molecule has 2 atom stereocenters. The van der Waals surface area contributed by atoms with Crippen LogP contribution in [0.15, 0.2) is 24.3 Å². The molecule has 0 heterocycles. The normalized spacial score (nSPS) is 13.0. The summed E-state index contributed by atoms with van der Waals surface area (Å²) < 4.78 is 5.90. The lowest BCUT2D eigenvalue weighted by Gasteiger charge is -2.19. The van der Waals surface area contributed by atoms with Gasteiger partial charge in [-0.25, -0.2) is 0 Å². The molecule has 2 heteroatoms. The van der Waals surface area contributed by atoms with Crippen molar-refractivity contribution in [2.24, 2.45) is 5.92 Å². The Balaban J connectivity index is 2.35. The van der Waals surface area contributed by atoms with E-state index in [0.717, 1.165) is 5.56 Å². The standard InChI is InChI=1S/C34H60O2/c1-5-7-9-11-13-15-16-18-20-22-27-32(26-21-19-17-14-12-10-8-6-2)29-36-34(35)31(4)33-28-24-23-25-30(33)3/h23-25,28,31-32H,5-22,26-27,29H2,1-4H3. The van der Waals surface area contributed by atoms with Crippen LogP contribution in [0.5, 0.6) is 0 Å². The molecule has 0 aliphatic heterocycles. The molecule has 0 saturated heterocycles. The van der Waals surface area contributed by atoms with Crippen LogP contribution in [0.1, 0.15) is 166 Å². The van der Waals surface area contributed by atoms with E-state index in [1.165, 1.54) is 134 Å². The Kier molecular flexibility index (Phi) is 20.8. The molecule has 1 aromatic carbocycles. The maximum absolute atomic E-state index is 12.8. The summed E-state index contributed by atoms with van der Waals surface area (Å²) in [6.45, 7) is 9.23. The van der Waals surface area contributed by atoms with Gasteiger partial charge in [-0.15, -0.1) is 0 Å². The second kappa shape index (κ2) is 22.9. The van der Waals surface area contributed by atoms with Gasteiger partial charge in [0.2, 0.25) is 0 Å². The van der Waals surface area contributed by atoms with Crippen LogP contribution in [-0.2, 0) is 9.53 Å². The predicted octanol–water partition coefficient (Wildman–Crippen LogP) is 11.1. The topological polar surface area (TPSA) is 26.3 Å². The van der Waals surface area contributed by atoms with Crippen molar-refractivity contribution in [2.75, 3.05) is 6.61 Å². The largest absolute Gasteiger partial charge is 0.465 e. The number of aryl methyl sites for hydroxylation is 1. The van der Waals surface area contributed by atoms with Crippen LogP contribution in [0.3, 0.4) is 0 Å². The fourth-order valence-electron chi connectivity index (χ4n) is 5.32. The summed E-state index contributed by atoms with van der Waals surface area (Å²) in [4.78, 5) is 12.8. The van der Waals surface area contributed by atoms with Gasteiger partial charge in [-0.1, -0.05) is 154 Å². The van der Waals surface area contributed by atoms with Crippen molar-refractivity contribution in [1.29, 1.82) is 0 Å². The van der Waals surface area contributed by atoms with Crippen LogP contribution < -0.4 is 0 Å². The molecule has 2 unspecified atom stereocenters. The SMILES string of the molecule is CCCCCCCCCCCCC(CCCCCCCCCC)COC(=O)C(C)c1ccccc1C. The molecule has 0 aromatic heterocycles. The van der Waals surface area contributed by atoms with E-state index in [4.69, 9.17) is 4.74 Å². The Morgan fingerprint density at radius 1 is 0.667 bits per heavy atom. The van der Waals surface area contributed by atoms with Crippen molar-refractivity contribution in [3.05, 3.63) is 35.4 Å². The van der Waals surface area contributed by atoms with Gasteiger partial charge in [0.05, 0.1) is 12.5 Å². The number of hydrogen-bond acceptors (Lipinski definition) is 2. The van der Waals surface area contributed by atoms with Gasteiger partial charge in [0.25, 0.3) is 0 Å². The number of benzene rings is 1. The zero-order valence-electron chi connectivity index (χ0n) is 24.6. The van der Waals surface area contributed by atoms with Gasteiger partial charge in [-0.3, -0.25) is 4.79 Å². The second-order valence-electron chi connectivity index (χ2n) is 11.3. The number of hydrogen-bond donors (Lipinski definition) is 0. The zero-order valence-corrected chi connectivity index (χ0v) is 24.6. The van der Waals surface area contributed by atoms with Crippen LogP contribution in [0, 0.1) is 12.8 Å². The van der Waals surface area contributed by atoms with E-state index in [0.29, 0.717) is 12.5 Å². The second-order valence-corrected chi connectivity index (χ2v) is 11.3. The Hall–Kier alpha value is -1.31. The third kappa shape index (κ3) is 16.4. The number of carbonyl (C=O) groups excluding carboxylic acids is 1. The van der Waals surface area contributed by atoms with Crippen LogP contribution in [-0.4, -0.2) is 12.6 Å². The van der Waals surface area contributed by atoms with E-state index in [9.17, 15) is 4.79 Å². The maximum atomic E-state index is 12.8. The molecule has 0 spiro atoms. The first-order valence-electron chi connectivity index (χ1n) is 15.8. The number of carbonyl (C=O) groups is 1. The summed E-state index contributed by atoms with van der Waals surface area (Å²) in [6, 6.07) is 8.18. The summed E-state index contributed by atoms with van der Waals surface area (Å²) in [7, 11) is 0. The smallest absolute Gasteiger partial charge is 0.313 e. The molecule has 0 amide bonds. The van der Waals surface area contributed by atoms with Gasteiger partial charge in [0.15, 0.2) is 0 Å². The predicted molar refractivity (Wildman–Crippen MR) is 158 cm³/mol. The lowest BCUT2D eigenvalue weighted by molar-refractivity contribution is -0.146. The van der Waals surface area contributed by atoms with Crippen molar-refractivity contribution in [3.8, 4) is 0 Å². The number of esters is 1. The molecule has 0 N–H and O–H groups in total. The van der Waals surface area contributed by atoms with E-state index in [1.54, 1.807) is 0 Å². The number of ether oxygens (including phenoxy) is 1. The fraction of sp³-hybridized carbons (Fsp3) is 0.794. The van der Waals surface area contributed by atoms with Crippen LogP contribution >= 0.6 is 0 Å². The molecule has 0 aliphatic carbocycles. The Labute approximate surface area is 225 Å². The molecular weight excluding hydrogens is 440 g/mol. The minimum atomic E-state index is -0.188. The van der Waals surface area contributed by atoms with E-state index >= 15 is 0 Å². The third-order valence-corrected chi connectivity index (χ3v) is 7.90. The first-order chi connectivity index (χ1) is 17.6. The molecule has 208 valence electrons. The summed E-state index contributed by atoms with van der Waals surface area (Å²) in [5.74, 6) is 0.271. The maximum Gasteiger partial charge on any atom is 0.313 e. The van der Waals surface area contributed by atoms with E-state index < -0.39 is 0 Å². The van der Waals surface area contributed by atoms with Gasteiger partial charge in [0.1, 0.15) is 0 Å². The molecule has 0 saturated carbocycles. The minimum absolute atomic E-state index is 0.0618. The van der Waals surface area contributed by atoms with Gasteiger partial charge < -0.3 is 4.74 Å². The molecule has 36 heavy (non-hydrogen) atoms. The minimum Gasteiger partial charge on any atom is -0.465 e. The lowest BCUT2D eigenvalue weighted by atomic mass is 9.94. The highest BCUT2D eigenvalue weighted by molar-refractivity contribution is 5.78. The first-order valence-corrected chi connectivity index (χ1v) is 15.8. The van der Waals surface area contributed by atoms with E-state index in [-0.39, 0.29) is 11.9 Å². The summed E-state index contributed by atoms with van der Waals surface area (Å²) in [5, 5.41) is 0. The molecule has 0 aliphatic rings. The van der Waals surface area contributed by atoms with E-state index in [2.05, 4.69) is 32.9 Å². The summed E-state index contributed by atoms with van der Waals surface area (Å²) in [5.41, 5.74) is 2.26. The quantitative estimate of drug-likeness (QED) is 0.104. The van der Waals surface area contributed by atoms with Gasteiger partial charge in [0, 0.05) is 0 Å². The zero-order chi connectivity index (χ0) is 26.3. The number of unbranched alkanes of at least 4 members (excludes halogenated alkanes) is 16. The molecule has 2 nitrogen and oxygen atoms in total. The van der Waals surface area contributed by atoms with Crippen molar-refractivity contribution in [2.45, 2.75) is 162 Å². The Bertz CT molecular complexity index is 638. The van der Waals surface area contributed by atoms with Crippen molar-refractivity contribution in [1.82, 2.24) is 0 Å². The monoisotopic (exact) mass is 500 g/mol. The molecule has 0 radical (unpaired) electrons. The Morgan fingerprint density at radius 2 is 1.08 bits per heavy atom. The molecule has 0 fully saturated rings. The van der Waals surface area contributed by atoms with E-state index in [1.807, 2.05) is 19.1 Å². The Morgan fingerprint density at radius 3 is 1.53 bits per heavy atom. The average Bonchev–Trinajstić information content (AvgIpc) is 2.89. The van der Waals surface area contributed by atoms with Crippen LogP contribution in [0.4, 0.5) is 0 Å². The van der Waals surface area contributed by atoms with Gasteiger partial charge in [-0.2, -0.15) is 0 Å². The highest BCUT2D eigenvalue weighted by atomic mass is 16.5. The molecular formula is C34H60O2. The summed E-state index contributed by atoms with van der Waals surface area (Å²) in [6.07, 6.45) is 27.0. The van der Waals surface area contributed by atoms with Gasteiger partial charge >= 0.3 is 5.97 Å². The van der Waals surface area contributed by atoms with Crippen molar-refractivity contribution >= 4 is 5.97 Å².